The molecule has 0 fully saturated rings. The Labute approximate surface area is 69.7 Å². The predicted molar refractivity (Wildman–Crippen MR) is 42.2 cm³/mol. The zero-order chi connectivity index (χ0) is 8.97. The second-order valence-electron chi connectivity index (χ2n) is 2.12. The molecule has 0 radical (unpaired) electrons. The van der Waals surface area contributed by atoms with Crippen molar-refractivity contribution < 1.29 is 14.3 Å². The van der Waals surface area contributed by atoms with E-state index in [1.54, 1.807) is 19.1 Å². The minimum absolute atomic E-state index is 0.299. The topological polar surface area (TPSA) is 48.3 Å². The van der Waals surface area contributed by atoms with Crippen molar-refractivity contribution in [2.45, 2.75) is 6.92 Å². The highest BCUT2D eigenvalue weighted by Crippen LogP contribution is 1.99. The van der Waals surface area contributed by atoms with Crippen LogP contribution in [0.5, 0.6) is 0 Å². The molecule has 64 valence electrons. The maximum atomic E-state index is 11.1. The monoisotopic (exact) mass is 167 g/mol. The van der Waals surface area contributed by atoms with Gasteiger partial charge in [-0.15, -0.1) is 0 Å². The van der Waals surface area contributed by atoms with Gasteiger partial charge in [0.15, 0.2) is 6.29 Å². The smallest absolute Gasteiger partial charge is 0.418 e. The van der Waals surface area contributed by atoms with Gasteiger partial charge in [0.25, 0.3) is 0 Å². The van der Waals surface area contributed by atoms with Crippen LogP contribution in [-0.2, 0) is 4.74 Å². The standard InChI is InChI=1S/C8H9NO3/c1-2-12-8(11)9-5-3-4-7(9)6-10/h3-6H,2H2,1H3. The van der Waals surface area contributed by atoms with E-state index in [1.165, 1.54) is 6.20 Å². The first kappa shape index (κ1) is 8.52. The van der Waals surface area contributed by atoms with Gasteiger partial charge in [0, 0.05) is 6.20 Å². The van der Waals surface area contributed by atoms with E-state index in [0.29, 0.717) is 18.6 Å². The van der Waals surface area contributed by atoms with Crippen LogP contribution in [0.3, 0.4) is 0 Å². The Bertz CT molecular complexity index is 290. The number of aromatic nitrogens is 1. The summed E-state index contributed by atoms with van der Waals surface area (Å²) in [5.74, 6) is 0. The number of carbonyl (C=O) groups excluding carboxylic acids is 2. The Morgan fingerprint density at radius 1 is 1.75 bits per heavy atom. The van der Waals surface area contributed by atoms with Gasteiger partial charge in [0.1, 0.15) is 0 Å². The van der Waals surface area contributed by atoms with Gasteiger partial charge in [0.05, 0.1) is 12.3 Å². The summed E-state index contributed by atoms with van der Waals surface area (Å²) in [6.45, 7) is 2.01. The first-order valence-corrected chi connectivity index (χ1v) is 3.59. The molecule has 0 N–H and O–H groups in total. The van der Waals surface area contributed by atoms with Gasteiger partial charge in [-0.25, -0.2) is 9.36 Å². The molecule has 0 aliphatic rings. The van der Waals surface area contributed by atoms with Crippen molar-refractivity contribution in [1.29, 1.82) is 0 Å². The highest BCUT2D eigenvalue weighted by atomic mass is 16.5. The van der Waals surface area contributed by atoms with Gasteiger partial charge < -0.3 is 4.74 Å². The van der Waals surface area contributed by atoms with Crippen molar-refractivity contribution in [2.75, 3.05) is 6.61 Å². The maximum Gasteiger partial charge on any atom is 0.418 e. The molecule has 12 heavy (non-hydrogen) atoms. The molecule has 0 aromatic carbocycles. The Hall–Kier alpha value is -1.58. The lowest BCUT2D eigenvalue weighted by Crippen LogP contribution is -2.14. The molecule has 0 atom stereocenters. The number of ether oxygens (including phenoxy) is 1. The normalized spacial score (nSPS) is 9.42. The molecule has 0 amide bonds. The molecule has 0 bridgehead atoms. The summed E-state index contributed by atoms with van der Waals surface area (Å²) in [4.78, 5) is 21.4. The van der Waals surface area contributed by atoms with E-state index in [-0.39, 0.29) is 0 Å². The van der Waals surface area contributed by atoms with Crippen LogP contribution in [0.1, 0.15) is 17.4 Å². The quantitative estimate of drug-likeness (QED) is 0.624. The minimum Gasteiger partial charge on any atom is -0.449 e. The second-order valence-corrected chi connectivity index (χ2v) is 2.12. The van der Waals surface area contributed by atoms with Gasteiger partial charge >= 0.3 is 6.09 Å². The van der Waals surface area contributed by atoms with Crippen LogP contribution >= 0.6 is 0 Å². The summed E-state index contributed by atoms with van der Waals surface area (Å²) < 4.78 is 5.86. The number of hydrogen-bond donors (Lipinski definition) is 0. The van der Waals surface area contributed by atoms with Crippen molar-refractivity contribution in [3.63, 3.8) is 0 Å². The molecule has 0 spiro atoms. The third kappa shape index (κ3) is 1.53. The fourth-order valence-electron chi connectivity index (χ4n) is 0.849. The third-order valence-electron chi connectivity index (χ3n) is 1.37. The molecule has 4 heteroatoms. The van der Waals surface area contributed by atoms with Gasteiger partial charge in [-0.1, -0.05) is 0 Å². The molecular formula is C8H9NO3. The van der Waals surface area contributed by atoms with Gasteiger partial charge in [-0.3, -0.25) is 4.79 Å². The van der Waals surface area contributed by atoms with Crippen LogP contribution in [0.4, 0.5) is 4.79 Å². The third-order valence-corrected chi connectivity index (χ3v) is 1.37. The van der Waals surface area contributed by atoms with E-state index < -0.39 is 6.09 Å². The highest BCUT2D eigenvalue weighted by molar-refractivity contribution is 5.82. The summed E-state index contributed by atoms with van der Waals surface area (Å²) in [5, 5.41) is 0. The molecule has 1 aromatic heterocycles. The Balaban J connectivity index is 2.86. The van der Waals surface area contributed by atoms with Crippen molar-refractivity contribution in [3.8, 4) is 0 Å². The minimum atomic E-state index is -0.524. The highest BCUT2D eigenvalue weighted by Gasteiger charge is 2.07. The zero-order valence-electron chi connectivity index (χ0n) is 6.69. The Kier molecular flexibility index (Phi) is 2.63. The lowest BCUT2D eigenvalue weighted by Gasteiger charge is -2.02. The van der Waals surface area contributed by atoms with Gasteiger partial charge in [0.2, 0.25) is 0 Å². The van der Waals surface area contributed by atoms with E-state index >= 15 is 0 Å². The van der Waals surface area contributed by atoms with E-state index in [4.69, 9.17) is 4.74 Å². The van der Waals surface area contributed by atoms with Crippen LogP contribution < -0.4 is 0 Å². The van der Waals surface area contributed by atoms with Crippen LogP contribution in [0.15, 0.2) is 18.3 Å². The predicted octanol–water partition coefficient (Wildman–Crippen LogP) is 1.31. The molecule has 4 nitrogen and oxygen atoms in total. The lowest BCUT2D eigenvalue weighted by atomic mass is 10.5. The van der Waals surface area contributed by atoms with Crippen molar-refractivity contribution >= 4 is 12.4 Å². The molecule has 0 aliphatic carbocycles. The molecule has 0 saturated carbocycles. The van der Waals surface area contributed by atoms with E-state index in [0.717, 1.165) is 4.57 Å². The van der Waals surface area contributed by atoms with Crippen LogP contribution in [0.25, 0.3) is 0 Å². The molecule has 1 rings (SSSR count). The van der Waals surface area contributed by atoms with E-state index in [9.17, 15) is 9.59 Å². The van der Waals surface area contributed by atoms with Crippen molar-refractivity contribution in [2.24, 2.45) is 0 Å². The largest absolute Gasteiger partial charge is 0.449 e. The maximum absolute atomic E-state index is 11.1. The molecule has 0 aliphatic heterocycles. The van der Waals surface area contributed by atoms with Crippen LogP contribution in [-0.4, -0.2) is 23.6 Å². The van der Waals surface area contributed by atoms with E-state index in [1.807, 2.05) is 0 Å². The number of hydrogen-bond acceptors (Lipinski definition) is 3. The first-order chi connectivity index (χ1) is 5.79. The fraction of sp³-hybridized carbons (Fsp3) is 0.250. The van der Waals surface area contributed by atoms with Crippen LogP contribution in [0.2, 0.25) is 0 Å². The SMILES string of the molecule is CCOC(=O)n1cccc1C=O. The average Bonchev–Trinajstić information content (AvgIpc) is 2.51. The molecule has 1 heterocycles. The second kappa shape index (κ2) is 3.71. The summed E-state index contributed by atoms with van der Waals surface area (Å²) in [6, 6.07) is 3.16. The molecule has 0 unspecified atom stereocenters. The molecule has 0 saturated heterocycles. The number of nitrogens with zero attached hydrogens (tertiary/aromatic N) is 1. The summed E-state index contributed by atoms with van der Waals surface area (Å²) in [7, 11) is 0. The molecular weight excluding hydrogens is 158 g/mol. The zero-order valence-corrected chi connectivity index (χ0v) is 6.69. The van der Waals surface area contributed by atoms with Crippen molar-refractivity contribution in [3.05, 3.63) is 24.0 Å². The molecule has 1 aromatic rings. The number of aldehydes is 1. The average molecular weight is 167 g/mol. The first-order valence-electron chi connectivity index (χ1n) is 3.59. The summed E-state index contributed by atoms with van der Waals surface area (Å²) in [5.41, 5.74) is 0.299. The van der Waals surface area contributed by atoms with E-state index in [2.05, 4.69) is 0 Å². The number of rotatable bonds is 2. The number of carbonyl (C=O) groups is 2. The Morgan fingerprint density at radius 3 is 3.08 bits per heavy atom. The van der Waals surface area contributed by atoms with Crippen LogP contribution in [0, 0.1) is 0 Å². The van der Waals surface area contributed by atoms with Crippen molar-refractivity contribution in [1.82, 2.24) is 4.57 Å². The summed E-state index contributed by atoms with van der Waals surface area (Å²) in [6.07, 6.45) is 1.57. The van der Waals surface area contributed by atoms with Gasteiger partial charge in [-0.05, 0) is 19.1 Å². The van der Waals surface area contributed by atoms with Gasteiger partial charge in [-0.2, -0.15) is 0 Å². The Morgan fingerprint density at radius 2 is 2.50 bits per heavy atom. The lowest BCUT2D eigenvalue weighted by molar-refractivity contribution is 0.110. The fourth-order valence-corrected chi connectivity index (χ4v) is 0.849. The summed E-state index contributed by atoms with van der Waals surface area (Å²) >= 11 is 0.